The van der Waals surface area contributed by atoms with E-state index in [-0.39, 0.29) is 17.8 Å². The summed E-state index contributed by atoms with van der Waals surface area (Å²) in [5.41, 5.74) is 4.96. The molecule has 1 fully saturated rings. The number of piperidine rings is 1. The Balaban J connectivity index is 1.10. The summed E-state index contributed by atoms with van der Waals surface area (Å²) in [5, 5.41) is 8.31. The average molecular weight is 659 g/mol. The van der Waals surface area contributed by atoms with Crippen LogP contribution in [-0.2, 0) is 29.2 Å². The summed E-state index contributed by atoms with van der Waals surface area (Å²) in [6.45, 7) is 11.5. The van der Waals surface area contributed by atoms with Crippen molar-refractivity contribution in [1.29, 1.82) is 0 Å². The number of halogens is 1. The van der Waals surface area contributed by atoms with Gasteiger partial charge in [-0.3, -0.25) is 4.98 Å². The topological polar surface area (TPSA) is 102 Å². The van der Waals surface area contributed by atoms with Gasteiger partial charge in [-0.15, -0.1) is 0 Å². The predicted octanol–water partition coefficient (Wildman–Crippen LogP) is 7.12. The van der Waals surface area contributed by atoms with Gasteiger partial charge in [0.15, 0.2) is 0 Å². The van der Waals surface area contributed by atoms with Crippen LogP contribution >= 0.6 is 0 Å². The standard InChI is InChI=1S/C35H43FN6O4Si/c1-24-17-25(18-28-21-38-42(33(24)28)23-45-15-16-47(2,3)4)19-31(26-8-6-12-37-20-26)46-35(44)40-13-10-29(11-14-40)41-22-27-7-5-9-30(36)32(27)39-34(41)43/h5-9,12,17-18,20-21,29,31H,10-11,13-16,19,22-23H2,1-4H3,(H,39,43). The number of para-hydroxylation sites is 1. The number of hydrogen-bond donors (Lipinski definition) is 1. The van der Waals surface area contributed by atoms with Crippen LogP contribution in [0.4, 0.5) is 19.7 Å². The summed E-state index contributed by atoms with van der Waals surface area (Å²) < 4.78 is 28.2. The first-order chi connectivity index (χ1) is 22.6. The summed E-state index contributed by atoms with van der Waals surface area (Å²) >= 11 is 0. The molecule has 10 nitrogen and oxygen atoms in total. The van der Waals surface area contributed by atoms with Crippen molar-refractivity contribution in [1.82, 2.24) is 24.6 Å². The van der Waals surface area contributed by atoms with E-state index in [2.05, 4.69) is 54.1 Å². The molecule has 1 saturated heterocycles. The molecule has 2 aromatic carbocycles. The fourth-order valence-corrected chi connectivity index (χ4v) is 7.16. The second kappa shape index (κ2) is 13.8. The molecule has 1 unspecified atom stereocenters. The van der Waals surface area contributed by atoms with E-state index in [0.717, 1.165) is 45.8 Å². The van der Waals surface area contributed by atoms with Gasteiger partial charge >= 0.3 is 12.1 Å². The Labute approximate surface area is 275 Å². The molecule has 0 radical (unpaired) electrons. The lowest BCUT2D eigenvalue weighted by molar-refractivity contribution is 0.0476. The molecule has 0 saturated carbocycles. The highest BCUT2D eigenvalue weighted by Gasteiger charge is 2.34. The maximum atomic E-state index is 14.2. The van der Waals surface area contributed by atoms with Gasteiger partial charge < -0.3 is 24.6 Å². The number of likely N-dealkylation sites (tertiary alicyclic amines) is 1. The van der Waals surface area contributed by atoms with Crippen LogP contribution in [0.2, 0.25) is 25.7 Å². The van der Waals surface area contributed by atoms with E-state index in [9.17, 15) is 14.0 Å². The van der Waals surface area contributed by atoms with E-state index < -0.39 is 26.1 Å². The molecule has 3 amide bonds. The summed E-state index contributed by atoms with van der Waals surface area (Å²) in [4.78, 5) is 34.1. The zero-order valence-corrected chi connectivity index (χ0v) is 28.5. The number of carbonyl (C=O) groups excluding carboxylic acids is 2. The van der Waals surface area contributed by atoms with Crippen LogP contribution in [0.5, 0.6) is 0 Å². The molecule has 1 N–H and O–H groups in total. The number of nitrogens with zero attached hydrogens (tertiary/aromatic N) is 5. The van der Waals surface area contributed by atoms with E-state index in [4.69, 9.17) is 9.47 Å². The Morgan fingerprint density at radius 3 is 2.68 bits per heavy atom. The van der Waals surface area contributed by atoms with Gasteiger partial charge in [-0.05, 0) is 60.7 Å². The minimum atomic E-state index is -1.17. The number of ether oxygens (including phenoxy) is 2. The van der Waals surface area contributed by atoms with Crippen LogP contribution in [0.3, 0.4) is 0 Å². The second-order valence-electron chi connectivity index (χ2n) is 13.8. The second-order valence-corrected chi connectivity index (χ2v) is 19.4. The Hall–Kier alpha value is -4.29. The molecule has 12 heteroatoms. The number of rotatable bonds is 10. The SMILES string of the molecule is Cc1cc(CC(OC(=O)N2CCC(N3Cc4cccc(F)c4NC3=O)CC2)c2cccnc2)cc2cnn(COCC[Si](C)(C)C)c12. The zero-order valence-electron chi connectivity index (χ0n) is 27.5. The molecule has 4 aromatic rings. The van der Waals surface area contributed by atoms with Gasteiger partial charge in [-0.25, -0.2) is 18.7 Å². The molecule has 2 aliphatic heterocycles. The Morgan fingerprint density at radius 2 is 1.94 bits per heavy atom. The summed E-state index contributed by atoms with van der Waals surface area (Å²) in [5.74, 6) is -0.431. The van der Waals surface area contributed by atoms with E-state index in [0.29, 0.717) is 45.6 Å². The summed E-state index contributed by atoms with van der Waals surface area (Å²) in [7, 11) is -1.17. The molecule has 0 spiro atoms. The summed E-state index contributed by atoms with van der Waals surface area (Å²) in [6.07, 6.45) is 6.05. The normalized spacial score (nSPS) is 16.2. The third kappa shape index (κ3) is 7.65. The van der Waals surface area contributed by atoms with Crippen molar-refractivity contribution in [2.24, 2.45) is 0 Å². The summed E-state index contributed by atoms with van der Waals surface area (Å²) in [6, 6.07) is 13.5. The number of pyridine rings is 1. The highest BCUT2D eigenvalue weighted by Crippen LogP contribution is 2.31. The number of fused-ring (bicyclic) bond motifs is 2. The van der Waals surface area contributed by atoms with Crippen LogP contribution < -0.4 is 5.32 Å². The van der Waals surface area contributed by atoms with Crippen molar-refractivity contribution in [2.75, 3.05) is 25.0 Å². The monoisotopic (exact) mass is 658 g/mol. The van der Waals surface area contributed by atoms with Crippen LogP contribution in [0.15, 0.2) is 61.1 Å². The minimum Gasteiger partial charge on any atom is -0.441 e. The molecule has 2 aliphatic rings. The average Bonchev–Trinajstić information content (AvgIpc) is 3.46. The fraction of sp³-hybridized carbons (Fsp3) is 0.429. The maximum absolute atomic E-state index is 14.2. The zero-order chi connectivity index (χ0) is 33.1. The minimum absolute atomic E-state index is 0.0639. The number of aromatic nitrogens is 3. The van der Waals surface area contributed by atoms with Crippen molar-refractivity contribution < 1.29 is 23.5 Å². The fourth-order valence-electron chi connectivity index (χ4n) is 6.40. The van der Waals surface area contributed by atoms with Crippen molar-refractivity contribution >= 4 is 36.8 Å². The van der Waals surface area contributed by atoms with Gasteiger partial charge in [0, 0.05) is 70.1 Å². The van der Waals surface area contributed by atoms with Crippen molar-refractivity contribution in [2.45, 2.75) is 77.3 Å². The number of carbonyl (C=O) groups is 2. The van der Waals surface area contributed by atoms with E-state index in [1.54, 1.807) is 28.3 Å². The highest BCUT2D eigenvalue weighted by atomic mass is 28.3. The van der Waals surface area contributed by atoms with Gasteiger partial charge in [-0.2, -0.15) is 5.10 Å². The number of benzene rings is 2. The molecular formula is C35H43FN6O4Si. The predicted molar refractivity (Wildman–Crippen MR) is 181 cm³/mol. The van der Waals surface area contributed by atoms with Crippen molar-refractivity contribution in [3.63, 3.8) is 0 Å². The molecule has 1 atom stereocenters. The lowest BCUT2D eigenvalue weighted by Crippen LogP contribution is -2.51. The number of anilines is 1. The molecule has 0 aliphatic carbocycles. The van der Waals surface area contributed by atoms with Crippen LogP contribution in [-0.4, -0.2) is 70.5 Å². The van der Waals surface area contributed by atoms with E-state index in [1.165, 1.54) is 6.07 Å². The van der Waals surface area contributed by atoms with Crippen LogP contribution in [0.1, 0.15) is 41.2 Å². The van der Waals surface area contributed by atoms with Crippen LogP contribution in [0, 0.1) is 12.7 Å². The largest absolute Gasteiger partial charge is 0.441 e. The Morgan fingerprint density at radius 1 is 1.13 bits per heavy atom. The molecule has 47 heavy (non-hydrogen) atoms. The number of aryl methyl sites for hydroxylation is 1. The first-order valence-electron chi connectivity index (χ1n) is 16.3. The molecule has 2 aromatic heterocycles. The third-order valence-electron chi connectivity index (χ3n) is 9.01. The number of urea groups is 1. The number of amides is 3. The smallest absolute Gasteiger partial charge is 0.410 e. The Kier molecular flexibility index (Phi) is 9.60. The quantitative estimate of drug-likeness (QED) is 0.144. The van der Waals surface area contributed by atoms with Gasteiger partial charge in [0.2, 0.25) is 0 Å². The maximum Gasteiger partial charge on any atom is 0.410 e. The first kappa shape index (κ1) is 32.6. The number of nitrogens with one attached hydrogen (secondary N) is 1. The molecule has 0 bridgehead atoms. The van der Waals surface area contributed by atoms with Gasteiger partial charge in [0.1, 0.15) is 18.7 Å². The van der Waals surface area contributed by atoms with Gasteiger partial charge in [0.25, 0.3) is 0 Å². The molecular weight excluding hydrogens is 616 g/mol. The highest BCUT2D eigenvalue weighted by molar-refractivity contribution is 6.76. The Bertz CT molecular complexity index is 1740. The van der Waals surface area contributed by atoms with Gasteiger partial charge in [0.05, 0.1) is 17.4 Å². The number of hydrogen-bond acceptors (Lipinski definition) is 6. The van der Waals surface area contributed by atoms with Crippen molar-refractivity contribution in [3.8, 4) is 0 Å². The van der Waals surface area contributed by atoms with Crippen LogP contribution in [0.25, 0.3) is 10.9 Å². The third-order valence-corrected chi connectivity index (χ3v) is 10.7. The molecule has 6 rings (SSSR count). The lowest BCUT2D eigenvalue weighted by Gasteiger charge is -2.40. The van der Waals surface area contributed by atoms with Gasteiger partial charge in [-0.1, -0.05) is 43.9 Å². The molecule has 4 heterocycles. The molecule has 248 valence electrons. The van der Waals surface area contributed by atoms with E-state index in [1.807, 2.05) is 29.1 Å². The van der Waals surface area contributed by atoms with E-state index >= 15 is 0 Å². The lowest BCUT2D eigenvalue weighted by atomic mass is 9.99. The van der Waals surface area contributed by atoms with Crippen molar-refractivity contribution in [3.05, 3.63) is 89.1 Å². The first-order valence-corrected chi connectivity index (χ1v) is 20.0.